The second-order valence-electron chi connectivity index (χ2n) is 3.92. The summed E-state index contributed by atoms with van der Waals surface area (Å²) in [6, 6.07) is 8.04. The highest BCUT2D eigenvalue weighted by molar-refractivity contribution is 5.68. The maximum atomic E-state index is 5.72. The van der Waals surface area contributed by atoms with Gasteiger partial charge in [0.1, 0.15) is 5.75 Å². The van der Waals surface area contributed by atoms with Crippen LogP contribution in [-0.2, 0) is 6.54 Å². The van der Waals surface area contributed by atoms with Crippen LogP contribution in [0.2, 0.25) is 0 Å². The van der Waals surface area contributed by atoms with Gasteiger partial charge in [0, 0.05) is 30.1 Å². The normalized spacial score (nSPS) is 10.3. The molecule has 2 N–H and O–H groups in total. The lowest BCUT2D eigenvalue weighted by Gasteiger charge is -2.10. The number of benzene rings is 1. The van der Waals surface area contributed by atoms with E-state index in [2.05, 4.69) is 18.0 Å². The van der Waals surface area contributed by atoms with Crippen LogP contribution >= 0.6 is 0 Å². The molecule has 88 valence electrons. The van der Waals surface area contributed by atoms with Crippen LogP contribution in [0.4, 0.5) is 0 Å². The van der Waals surface area contributed by atoms with Gasteiger partial charge in [0.15, 0.2) is 0 Å². The van der Waals surface area contributed by atoms with Crippen molar-refractivity contribution in [1.29, 1.82) is 0 Å². The molecule has 0 saturated heterocycles. The molecule has 0 fully saturated rings. The highest BCUT2D eigenvalue weighted by Crippen LogP contribution is 2.27. The summed E-state index contributed by atoms with van der Waals surface area (Å²) in [6.45, 7) is 2.54. The van der Waals surface area contributed by atoms with Gasteiger partial charge in [-0.1, -0.05) is 6.07 Å². The van der Waals surface area contributed by atoms with Gasteiger partial charge in [0.2, 0.25) is 0 Å². The number of hydrogen-bond acceptors (Lipinski definition) is 3. The van der Waals surface area contributed by atoms with Crippen LogP contribution in [0.3, 0.4) is 0 Å². The van der Waals surface area contributed by atoms with Crippen molar-refractivity contribution in [1.82, 2.24) is 4.98 Å². The molecular formula is C14H16N2O. The second-order valence-corrected chi connectivity index (χ2v) is 3.92. The van der Waals surface area contributed by atoms with E-state index in [4.69, 9.17) is 10.5 Å². The summed E-state index contributed by atoms with van der Waals surface area (Å²) in [5, 5.41) is 0. The molecule has 3 nitrogen and oxygen atoms in total. The lowest BCUT2D eigenvalue weighted by molar-refractivity contribution is 0.410. The molecule has 0 aliphatic heterocycles. The van der Waals surface area contributed by atoms with Gasteiger partial charge in [-0.05, 0) is 36.2 Å². The Morgan fingerprint density at radius 2 is 2.12 bits per heavy atom. The first-order valence-electron chi connectivity index (χ1n) is 5.54. The van der Waals surface area contributed by atoms with Gasteiger partial charge in [-0.2, -0.15) is 0 Å². The molecule has 0 aliphatic carbocycles. The zero-order chi connectivity index (χ0) is 12.3. The molecule has 0 saturated carbocycles. The molecular weight excluding hydrogens is 212 g/mol. The summed E-state index contributed by atoms with van der Waals surface area (Å²) in [7, 11) is 1.66. The molecule has 1 heterocycles. The maximum absolute atomic E-state index is 5.72. The number of rotatable bonds is 3. The molecule has 2 rings (SSSR count). The number of pyridine rings is 1. The fourth-order valence-corrected chi connectivity index (χ4v) is 1.87. The van der Waals surface area contributed by atoms with E-state index in [-0.39, 0.29) is 0 Å². The van der Waals surface area contributed by atoms with Crippen LogP contribution in [-0.4, -0.2) is 12.1 Å². The average Bonchev–Trinajstić information content (AvgIpc) is 2.38. The molecule has 1 aromatic heterocycles. The first kappa shape index (κ1) is 11.6. The third-order valence-electron chi connectivity index (χ3n) is 2.85. The van der Waals surface area contributed by atoms with Gasteiger partial charge in [0.05, 0.1) is 7.11 Å². The van der Waals surface area contributed by atoms with Crippen molar-refractivity contribution in [3.05, 3.63) is 47.8 Å². The van der Waals surface area contributed by atoms with Crippen molar-refractivity contribution in [2.45, 2.75) is 13.5 Å². The standard InChI is InChI=1S/C14H16N2O/c1-10-5-6-16-9-13(10)11-3-4-14(17-2)12(7-11)8-15/h3-7,9H,8,15H2,1-2H3. The minimum atomic E-state index is 0.469. The van der Waals surface area contributed by atoms with Gasteiger partial charge in [-0.15, -0.1) is 0 Å². The number of nitrogens with two attached hydrogens (primary N) is 1. The zero-order valence-corrected chi connectivity index (χ0v) is 10.1. The van der Waals surface area contributed by atoms with Crippen molar-refractivity contribution in [2.75, 3.05) is 7.11 Å². The molecule has 0 spiro atoms. The fraction of sp³-hybridized carbons (Fsp3) is 0.214. The van der Waals surface area contributed by atoms with Crippen LogP contribution < -0.4 is 10.5 Å². The Morgan fingerprint density at radius 3 is 2.76 bits per heavy atom. The smallest absolute Gasteiger partial charge is 0.123 e. The molecule has 0 bridgehead atoms. The third-order valence-corrected chi connectivity index (χ3v) is 2.85. The van der Waals surface area contributed by atoms with E-state index < -0.39 is 0 Å². The first-order valence-corrected chi connectivity index (χ1v) is 5.54. The molecule has 0 amide bonds. The van der Waals surface area contributed by atoms with Crippen molar-refractivity contribution in [2.24, 2.45) is 5.73 Å². The van der Waals surface area contributed by atoms with Crippen LogP contribution in [0.15, 0.2) is 36.7 Å². The number of nitrogens with zero attached hydrogens (tertiary/aromatic N) is 1. The predicted molar refractivity (Wildman–Crippen MR) is 68.9 cm³/mol. The summed E-state index contributed by atoms with van der Waals surface area (Å²) in [4.78, 5) is 4.16. The fourth-order valence-electron chi connectivity index (χ4n) is 1.87. The van der Waals surface area contributed by atoms with E-state index in [9.17, 15) is 0 Å². The minimum Gasteiger partial charge on any atom is -0.496 e. The summed E-state index contributed by atoms with van der Waals surface area (Å²) in [6.07, 6.45) is 3.67. The molecule has 2 aromatic rings. The minimum absolute atomic E-state index is 0.469. The van der Waals surface area contributed by atoms with Gasteiger partial charge in [-0.3, -0.25) is 4.98 Å². The van der Waals surface area contributed by atoms with E-state index >= 15 is 0 Å². The lowest BCUT2D eigenvalue weighted by Crippen LogP contribution is -2.00. The van der Waals surface area contributed by atoms with Crippen LogP contribution in [0.5, 0.6) is 5.75 Å². The SMILES string of the molecule is COc1ccc(-c2cnccc2C)cc1CN. The Kier molecular flexibility index (Phi) is 3.40. The Morgan fingerprint density at radius 1 is 1.29 bits per heavy atom. The van der Waals surface area contributed by atoms with Crippen LogP contribution in [0, 0.1) is 6.92 Å². The van der Waals surface area contributed by atoms with E-state index in [1.807, 2.05) is 24.4 Å². The summed E-state index contributed by atoms with van der Waals surface area (Å²) < 4.78 is 5.26. The Balaban J connectivity index is 2.50. The van der Waals surface area contributed by atoms with Crippen molar-refractivity contribution < 1.29 is 4.74 Å². The van der Waals surface area contributed by atoms with E-state index in [0.717, 1.165) is 22.4 Å². The van der Waals surface area contributed by atoms with Crippen LogP contribution in [0.25, 0.3) is 11.1 Å². The lowest BCUT2D eigenvalue weighted by atomic mass is 10.0. The van der Waals surface area contributed by atoms with Crippen molar-refractivity contribution in [3.8, 4) is 16.9 Å². The topological polar surface area (TPSA) is 48.1 Å². The molecule has 1 aromatic carbocycles. The highest BCUT2D eigenvalue weighted by atomic mass is 16.5. The van der Waals surface area contributed by atoms with Gasteiger partial charge in [-0.25, -0.2) is 0 Å². The number of aryl methyl sites for hydroxylation is 1. The number of methoxy groups -OCH3 is 1. The Labute approximate surface area is 101 Å². The first-order chi connectivity index (χ1) is 8.26. The number of hydrogen-bond donors (Lipinski definition) is 1. The summed E-state index contributed by atoms with van der Waals surface area (Å²) in [5.74, 6) is 0.831. The average molecular weight is 228 g/mol. The predicted octanol–water partition coefficient (Wildman–Crippen LogP) is 2.52. The molecule has 3 heteroatoms. The summed E-state index contributed by atoms with van der Waals surface area (Å²) in [5.41, 5.74) is 10.2. The van der Waals surface area contributed by atoms with E-state index in [1.165, 1.54) is 5.56 Å². The number of aromatic nitrogens is 1. The molecule has 0 atom stereocenters. The van der Waals surface area contributed by atoms with Gasteiger partial charge >= 0.3 is 0 Å². The second kappa shape index (κ2) is 4.97. The zero-order valence-electron chi connectivity index (χ0n) is 10.1. The molecule has 0 radical (unpaired) electrons. The Bertz CT molecular complexity index is 523. The monoisotopic (exact) mass is 228 g/mol. The molecule has 0 aliphatic rings. The van der Waals surface area contributed by atoms with Gasteiger partial charge in [0.25, 0.3) is 0 Å². The third kappa shape index (κ3) is 2.29. The highest BCUT2D eigenvalue weighted by Gasteiger charge is 2.06. The summed E-state index contributed by atoms with van der Waals surface area (Å²) >= 11 is 0. The quantitative estimate of drug-likeness (QED) is 0.878. The van der Waals surface area contributed by atoms with E-state index in [0.29, 0.717) is 6.54 Å². The van der Waals surface area contributed by atoms with Crippen molar-refractivity contribution >= 4 is 0 Å². The molecule has 0 unspecified atom stereocenters. The van der Waals surface area contributed by atoms with Gasteiger partial charge < -0.3 is 10.5 Å². The Hall–Kier alpha value is -1.87. The molecule has 17 heavy (non-hydrogen) atoms. The maximum Gasteiger partial charge on any atom is 0.123 e. The number of ether oxygens (including phenoxy) is 1. The van der Waals surface area contributed by atoms with E-state index in [1.54, 1.807) is 13.3 Å². The van der Waals surface area contributed by atoms with Crippen LogP contribution in [0.1, 0.15) is 11.1 Å². The largest absolute Gasteiger partial charge is 0.496 e. The van der Waals surface area contributed by atoms with Crippen molar-refractivity contribution in [3.63, 3.8) is 0 Å².